The molecule has 0 amide bonds. The molecule has 1 heterocycles. The first-order chi connectivity index (χ1) is 18.0. The van der Waals surface area contributed by atoms with Crippen LogP contribution in [0.4, 0.5) is 13.2 Å². The molecule has 0 N–H and O–H groups in total. The van der Waals surface area contributed by atoms with Crippen molar-refractivity contribution in [2.45, 2.75) is 51.7 Å². The van der Waals surface area contributed by atoms with Crippen LogP contribution in [0.3, 0.4) is 0 Å². The van der Waals surface area contributed by atoms with Crippen molar-refractivity contribution in [1.29, 1.82) is 0 Å². The molecule has 1 aliphatic rings. The Hall–Kier alpha value is -2.77. The highest BCUT2D eigenvalue weighted by molar-refractivity contribution is 6.08. The summed E-state index contributed by atoms with van der Waals surface area (Å²) < 4.78 is 60.8. The van der Waals surface area contributed by atoms with Crippen LogP contribution >= 0.6 is 0 Å². The Kier molecular flexibility index (Phi) is 9.70. The number of hydrogen-bond acceptors (Lipinski definition) is 3. The fourth-order valence-corrected chi connectivity index (χ4v) is 4.70. The van der Waals surface area contributed by atoms with Gasteiger partial charge in [-0.15, -0.1) is 0 Å². The molecule has 1 aliphatic heterocycles. The minimum atomic E-state index is -1.02. The van der Waals surface area contributed by atoms with Crippen molar-refractivity contribution < 1.29 is 27.4 Å². The van der Waals surface area contributed by atoms with Gasteiger partial charge in [-0.25, -0.2) is 8.78 Å². The zero-order chi connectivity index (χ0) is 26.2. The van der Waals surface area contributed by atoms with Crippen LogP contribution < -0.4 is 4.74 Å². The predicted octanol–water partition coefficient (Wildman–Crippen LogP) is 7.43. The summed E-state index contributed by atoms with van der Waals surface area (Å²) in [5.74, 6) is -2.12. The SMILES string of the molecule is BCOc1ccc(-c2ccc(-c3ccc(C4OCC(CCCCCCC)CO4)cc3F)cc2)c(F)c1F. The molecule has 3 aromatic carbocycles. The average molecular weight is 510 g/mol. The van der Waals surface area contributed by atoms with Crippen LogP contribution in [0.1, 0.15) is 57.3 Å². The maximum Gasteiger partial charge on any atom is 0.201 e. The van der Waals surface area contributed by atoms with E-state index in [-0.39, 0.29) is 17.8 Å². The quantitative estimate of drug-likeness (QED) is 0.198. The molecule has 0 aliphatic carbocycles. The van der Waals surface area contributed by atoms with E-state index in [2.05, 4.69) is 6.92 Å². The first-order valence-electron chi connectivity index (χ1n) is 13.3. The van der Waals surface area contributed by atoms with E-state index in [9.17, 15) is 8.78 Å². The minimum Gasteiger partial charge on any atom is -0.500 e. The molecule has 3 aromatic rings. The molecule has 0 radical (unpaired) electrons. The summed E-state index contributed by atoms with van der Waals surface area (Å²) in [6.45, 7) is 3.69. The number of ether oxygens (including phenoxy) is 3. The molecule has 0 aromatic heterocycles. The maximum atomic E-state index is 15.1. The second kappa shape index (κ2) is 13.2. The lowest BCUT2D eigenvalue weighted by molar-refractivity contribution is -0.206. The summed E-state index contributed by atoms with van der Waals surface area (Å²) in [7, 11) is 1.71. The zero-order valence-electron chi connectivity index (χ0n) is 21.6. The third kappa shape index (κ3) is 6.76. The number of rotatable bonds is 11. The largest absolute Gasteiger partial charge is 0.500 e. The van der Waals surface area contributed by atoms with E-state index < -0.39 is 23.7 Å². The summed E-state index contributed by atoms with van der Waals surface area (Å²) in [4.78, 5) is 0. The van der Waals surface area contributed by atoms with E-state index >= 15 is 4.39 Å². The summed E-state index contributed by atoms with van der Waals surface area (Å²) in [5.41, 5.74) is 2.30. The van der Waals surface area contributed by atoms with Gasteiger partial charge in [0.1, 0.15) is 5.82 Å². The lowest BCUT2D eigenvalue weighted by Crippen LogP contribution is -2.27. The summed E-state index contributed by atoms with van der Waals surface area (Å²) in [6.07, 6.45) is 6.75. The van der Waals surface area contributed by atoms with Crippen LogP contribution in [0, 0.1) is 23.4 Å². The third-order valence-electron chi connectivity index (χ3n) is 6.80. The highest BCUT2D eigenvalue weighted by Gasteiger charge is 2.24. The fraction of sp³-hybridized carbons (Fsp3) is 0.400. The van der Waals surface area contributed by atoms with Crippen LogP contribution in [-0.2, 0) is 9.47 Å². The number of unbranched alkanes of at least 4 members (excludes halogenated alkanes) is 4. The molecule has 0 atom stereocenters. The second-order valence-corrected chi connectivity index (χ2v) is 9.56. The van der Waals surface area contributed by atoms with Gasteiger partial charge < -0.3 is 14.2 Å². The molecule has 1 fully saturated rings. The number of hydrogen-bond donors (Lipinski definition) is 0. The topological polar surface area (TPSA) is 27.7 Å². The number of benzene rings is 3. The standard InChI is InChI=1S/C30H34BF3O3/c1-2-3-4-5-6-7-20-17-35-30(36-18-20)23-12-13-24(26(32)16-23)21-8-10-22(11-9-21)25-14-15-27(37-19-31)29(34)28(25)33/h8-16,20,30H,2-7,17-19,31H2,1H3. The summed E-state index contributed by atoms with van der Waals surface area (Å²) in [5, 5.41) is 0. The molecule has 196 valence electrons. The molecule has 4 rings (SSSR count). The highest BCUT2D eigenvalue weighted by Crippen LogP contribution is 2.34. The minimum absolute atomic E-state index is 0.119. The van der Waals surface area contributed by atoms with Gasteiger partial charge in [0.15, 0.2) is 25.7 Å². The van der Waals surface area contributed by atoms with Gasteiger partial charge >= 0.3 is 0 Å². The molecule has 0 unspecified atom stereocenters. The highest BCUT2D eigenvalue weighted by atomic mass is 19.2. The molecule has 0 spiro atoms. The summed E-state index contributed by atoms with van der Waals surface area (Å²) >= 11 is 0. The van der Waals surface area contributed by atoms with Crippen LogP contribution in [0.2, 0.25) is 0 Å². The number of halogens is 3. The van der Waals surface area contributed by atoms with Gasteiger partial charge in [-0.1, -0.05) is 75.4 Å². The van der Waals surface area contributed by atoms with Gasteiger partial charge in [0.25, 0.3) is 0 Å². The molecule has 0 saturated carbocycles. The first kappa shape index (κ1) is 27.3. The molecule has 37 heavy (non-hydrogen) atoms. The molecule has 7 heteroatoms. The Morgan fingerprint density at radius 1 is 0.811 bits per heavy atom. The van der Waals surface area contributed by atoms with Crippen molar-refractivity contribution in [2.75, 3.05) is 19.7 Å². The molecule has 1 saturated heterocycles. The van der Waals surface area contributed by atoms with Gasteiger partial charge in [-0.2, -0.15) is 4.39 Å². The molecule has 0 bridgehead atoms. The van der Waals surface area contributed by atoms with E-state index in [1.54, 1.807) is 38.2 Å². The Labute approximate surface area is 218 Å². The van der Waals surface area contributed by atoms with Crippen LogP contribution in [-0.4, -0.2) is 27.6 Å². The van der Waals surface area contributed by atoms with Gasteiger partial charge in [0.05, 0.1) is 19.7 Å². The Bertz CT molecular complexity index is 1160. The molecular weight excluding hydrogens is 476 g/mol. The molecular formula is C30H34BF3O3. The van der Waals surface area contributed by atoms with Crippen molar-refractivity contribution in [2.24, 2.45) is 5.92 Å². The Balaban J connectivity index is 1.38. The van der Waals surface area contributed by atoms with Crippen LogP contribution in [0.25, 0.3) is 22.3 Å². The van der Waals surface area contributed by atoms with Gasteiger partial charge in [0.2, 0.25) is 5.82 Å². The van der Waals surface area contributed by atoms with E-state index in [1.807, 2.05) is 6.07 Å². The van der Waals surface area contributed by atoms with Gasteiger partial charge in [-0.3, -0.25) is 0 Å². The van der Waals surface area contributed by atoms with E-state index in [0.29, 0.717) is 41.4 Å². The summed E-state index contributed by atoms with van der Waals surface area (Å²) in [6, 6.07) is 14.5. The van der Waals surface area contributed by atoms with Crippen molar-refractivity contribution in [3.63, 3.8) is 0 Å². The fourth-order valence-electron chi connectivity index (χ4n) is 4.70. The van der Waals surface area contributed by atoms with E-state index in [4.69, 9.17) is 14.2 Å². The lowest BCUT2D eigenvalue weighted by Gasteiger charge is -2.29. The zero-order valence-corrected chi connectivity index (χ0v) is 21.6. The van der Waals surface area contributed by atoms with Crippen LogP contribution in [0.15, 0.2) is 54.6 Å². The van der Waals surface area contributed by atoms with Crippen LogP contribution in [0.5, 0.6) is 5.75 Å². The van der Waals surface area contributed by atoms with E-state index in [1.165, 1.54) is 50.3 Å². The van der Waals surface area contributed by atoms with Crippen molar-refractivity contribution in [3.8, 4) is 28.0 Å². The second-order valence-electron chi connectivity index (χ2n) is 9.56. The first-order valence-corrected chi connectivity index (χ1v) is 13.3. The van der Waals surface area contributed by atoms with Crippen molar-refractivity contribution >= 4 is 7.85 Å². The third-order valence-corrected chi connectivity index (χ3v) is 6.80. The Morgan fingerprint density at radius 3 is 2.11 bits per heavy atom. The monoisotopic (exact) mass is 510 g/mol. The van der Waals surface area contributed by atoms with Crippen molar-refractivity contribution in [3.05, 3.63) is 77.6 Å². The molecule has 3 nitrogen and oxygen atoms in total. The van der Waals surface area contributed by atoms with E-state index in [0.717, 1.165) is 6.42 Å². The van der Waals surface area contributed by atoms with Crippen molar-refractivity contribution in [1.82, 2.24) is 0 Å². The van der Waals surface area contributed by atoms with Gasteiger partial charge in [0, 0.05) is 22.6 Å². The smallest absolute Gasteiger partial charge is 0.201 e. The lowest BCUT2D eigenvalue weighted by atomic mass is 9.98. The normalized spacial score (nSPS) is 17.6. The Morgan fingerprint density at radius 2 is 1.46 bits per heavy atom. The maximum absolute atomic E-state index is 15.1. The predicted molar refractivity (Wildman–Crippen MR) is 143 cm³/mol. The van der Waals surface area contributed by atoms with Gasteiger partial charge in [-0.05, 0) is 35.7 Å². The average Bonchev–Trinajstić information content (AvgIpc) is 2.92.